The van der Waals surface area contributed by atoms with Gasteiger partial charge in [-0.15, -0.1) is 0 Å². The molecular formula is C28H27Cl2N3O4. The Labute approximate surface area is 225 Å². The first-order valence-corrected chi connectivity index (χ1v) is 12.8. The molecule has 37 heavy (non-hydrogen) atoms. The van der Waals surface area contributed by atoms with Crippen LogP contribution in [0.2, 0.25) is 10.0 Å². The van der Waals surface area contributed by atoms with Crippen molar-refractivity contribution in [3.63, 3.8) is 0 Å². The molecule has 1 amide bonds. The Morgan fingerprint density at radius 3 is 2.30 bits per heavy atom. The summed E-state index contributed by atoms with van der Waals surface area (Å²) in [5.41, 5.74) is 1.62. The molecule has 0 unspecified atom stereocenters. The number of Topliss-reactive ketones (excluding diaryl/α,β-unsaturated/α-hetero) is 1. The van der Waals surface area contributed by atoms with Gasteiger partial charge in [0.15, 0.2) is 0 Å². The summed E-state index contributed by atoms with van der Waals surface area (Å²) < 4.78 is 0. The van der Waals surface area contributed by atoms with Crippen LogP contribution >= 0.6 is 23.2 Å². The van der Waals surface area contributed by atoms with E-state index in [9.17, 15) is 19.5 Å². The molecule has 3 atom stereocenters. The Morgan fingerprint density at radius 2 is 1.65 bits per heavy atom. The lowest BCUT2D eigenvalue weighted by Gasteiger charge is -2.16. The third kappa shape index (κ3) is 7.08. The first-order chi connectivity index (χ1) is 17.8. The number of anilines is 1. The van der Waals surface area contributed by atoms with Gasteiger partial charge in [-0.05, 0) is 54.7 Å². The zero-order chi connectivity index (χ0) is 26.4. The average Bonchev–Trinajstić information content (AvgIpc) is 3.34. The first-order valence-electron chi connectivity index (χ1n) is 12.1. The number of carboxylic acid groups (broad SMARTS) is 1. The molecule has 4 rings (SSSR count). The van der Waals surface area contributed by atoms with E-state index in [4.69, 9.17) is 23.2 Å². The smallest absolute Gasteiger partial charge is 0.326 e. The number of halogens is 2. The fraction of sp³-hybridized carbons (Fsp3) is 0.286. The van der Waals surface area contributed by atoms with E-state index in [2.05, 4.69) is 15.6 Å². The van der Waals surface area contributed by atoms with Crippen molar-refractivity contribution >= 4 is 46.7 Å². The molecule has 0 aliphatic heterocycles. The number of carbonyl (C=O) groups is 3. The molecule has 9 heteroatoms. The van der Waals surface area contributed by atoms with Gasteiger partial charge in [0.2, 0.25) is 0 Å². The van der Waals surface area contributed by atoms with Crippen LogP contribution in [-0.2, 0) is 22.4 Å². The van der Waals surface area contributed by atoms with Crippen molar-refractivity contribution in [1.29, 1.82) is 0 Å². The van der Waals surface area contributed by atoms with Crippen LogP contribution in [0, 0.1) is 5.92 Å². The lowest BCUT2D eigenvalue weighted by molar-refractivity contribution is -0.139. The van der Waals surface area contributed by atoms with Crippen LogP contribution in [0.25, 0.3) is 0 Å². The zero-order valence-corrected chi connectivity index (χ0v) is 21.5. The van der Waals surface area contributed by atoms with E-state index < -0.39 is 17.9 Å². The number of rotatable bonds is 10. The SMILES string of the molecule is O=C(N[C@@H](Cc1ccc(CC(=O)[C@@H]2CC[C@H](Nc3ccccn3)C2)cc1)C(=O)O)c1c(Cl)cccc1Cl. The average molecular weight is 540 g/mol. The molecule has 3 N–H and O–H groups in total. The third-order valence-electron chi connectivity index (χ3n) is 6.54. The number of hydrogen-bond acceptors (Lipinski definition) is 5. The van der Waals surface area contributed by atoms with Crippen LogP contribution < -0.4 is 10.6 Å². The summed E-state index contributed by atoms with van der Waals surface area (Å²) in [5.74, 6) is -0.806. The summed E-state index contributed by atoms with van der Waals surface area (Å²) in [5, 5.41) is 15.8. The van der Waals surface area contributed by atoms with Crippen LogP contribution in [0.5, 0.6) is 0 Å². The summed E-state index contributed by atoms with van der Waals surface area (Å²) in [6.07, 6.45) is 4.68. The Hall–Kier alpha value is -3.42. The van der Waals surface area contributed by atoms with E-state index in [0.29, 0.717) is 6.42 Å². The van der Waals surface area contributed by atoms with Crippen LogP contribution in [-0.4, -0.2) is 39.8 Å². The summed E-state index contributed by atoms with van der Waals surface area (Å²) in [6, 6.07) is 16.6. The van der Waals surface area contributed by atoms with E-state index in [1.54, 1.807) is 24.4 Å². The van der Waals surface area contributed by atoms with Gasteiger partial charge in [-0.2, -0.15) is 0 Å². The van der Waals surface area contributed by atoms with Gasteiger partial charge in [0.25, 0.3) is 5.91 Å². The number of benzene rings is 2. The van der Waals surface area contributed by atoms with Gasteiger partial charge < -0.3 is 15.7 Å². The molecule has 192 valence electrons. The fourth-order valence-corrected chi connectivity index (χ4v) is 5.15. The Balaban J connectivity index is 1.31. The van der Waals surface area contributed by atoms with Gasteiger partial charge in [0, 0.05) is 31.0 Å². The van der Waals surface area contributed by atoms with E-state index >= 15 is 0 Å². The maximum Gasteiger partial charge on any atom is 0.326 e. The second-order valence-corrected chi connectivity index (χ2v) is 10.0. The van der Waals surface area contributed by atoms with Crippen LogP contribution in [0.15, 0.2) is 66.9 Å². The highest BCUT2D eigenvalue weighted by molar-refractivity contribution is 6.39. The third-order valence-corrected chi connectivity index (χ3v) is 7.17. The molecule has 7 nitrogen and oxygen atoms in total. The number of nitrogens with zero attached hydrogens (tertiary/aromatic N) is 1. The fourth-order valence-electron chi connectivity index (χ4n) is 4.58. The van der Waals surface area contributed by atoms with Crippen molar-refractivity contribution in [3.8, 4) is 0 Å². The van der Waals surface area contributed by atoms with E-state index in [1.165, 1.54) is 12.1 Å². The molecule has 1 fully saturated rings. The molecule has 0 bridgehead atoms. The number of ketones is 1. The quantitative estimate of drug-likeness (QED) is 0.326. The largest absolute Gasteiger partial charge is 0.480 e. The molecule has 1 aromatic heterocycles. The number of aromatic nitrogens is 1. The maximum absolute atomic E-state index is 12.9. The van der Waals surface area contributed by atoms with Gasteiger partial charge in [0.05, 0.1) is 15.6 Å². The Morgan fingerprint density at radius 1 is 0.946 bits per heavy atom. The summed E-state index contributed by atoms with van der Waals surface area (Å²) in [7, 11) is 0. The second kappa shape index (κ2) is 12.2. The van der Waals surface area contributed by atoms with Crippen molar-refractivity contribution in [2.45, 2.75) is 44.2 Å². The minimum Gasteiger partial charge on any atom is -0.480 e. The predicted molar refractivity (Wildman–Crippen MR) is 143 cm³/mol. The van der Waals surface area contributed by atoms with Crippen LogP contribution in [0.1, 0.15) is 40.7 Å². The maximum atomic E-state index is 12.9. The molecule has 3 aromatic rings. The molecule has 1 aliphatic rings. The lowest BCUT2D eigenvalue weighted by Crippen LogP contribution is -2.42. The topological polar surface area (TPSA) is 108 Å². The summed E-state index contributed by atoms with van der Waals surface area (Å²) >= 11 is 12.1. The van der Waals surface area contributed by atoms with Crippen molar-refractivity contribution in [3.05, 3.63) is 93.6 Å². The minimum atomic E-state index is -1.18. The molecule has 1 heterocycles. The predicted octanol–water partition coefficient (Wildman–Crippen LogP) is 5.21. The summed E-state index contributed by atoms with van der Waals surface area (Å²) in [4.78, 5) is 41.6. The molecule has 0 saturated heterocycles. The number of amides is 1. The van der Waals surface area contributed by atoms with Crippen LogP contribution in [0.4, 0.5) is 5.82 Å². The normalized spacial score (nSPS) is 17.7. The molecule has 1 aliphatic carbocycles. The highest BCUT2D eigenvalue weighted by Crippen LogP contribution is 2.29. The van der Waals surface area contributed by atoms with Gasteiger partial charge >= 0.3 is 5.97 Å². The molecule has 2 aromatic carbocycles. The van der Waals surface area contributed by atoms with Gasteiger partial charge in [-0.3, -0.25) is 9.59 Å². The van der Waals surface area contributed by atoms with Gasteiger partial charge in [0.1, 0.15) is 17.6 Å². The highest BCUT2D eigenvalue weighted by Gasteiger charge is 2.30. The van der Waals surface area contributed by atoms with Crippen molar-refractivity contribution in [2.75, 3.05) is 5.32 Å². The number of carboxylic acids is 1. The van der Waals surface area contributed by atoms with Gasteiger partial charge in [-0.25, -0.2) is 9.78 Å². The molecular weight excluding hydrogens is 513 g/mol. The Kier molecular flexibility index (Phi) is 8.79. The number of hydrogen-bond donors (Lipinski definition) is 3. The zero-order valence-electron chi connectivity index (χ0n) is 20.0. The van der Waals surface area contributed by atoms with Crippen LogP contribution in [0.3, 0.4) is 0 Å². The number of nitrogens with one attached hydrogen (secondary N) is 2. The summed E-state index contributed by atoms with van der Waals surface area (Å²) in [6.45, 7) is 0. The standard InChI is InChI=1S/C28H27Cl2N3O4/c29-21-4-3-5-22(30)26(21)27(35)33-23(28(36)37)14-17-7-9-18(10-8-17)15-24(34)19-11-12-20(16-19)32-25-6-1-2-13-31-25/h1-10,13,19-20,23H,11-12,14-16H2,(H,31,32)(H,33,35)(H,36,37)/t19-,20+,23+/m1/s1. The van der Waals surface area contributed by atoms with Crippen molar-refractivity contribution in [1.82, 2.24) is 10.3 Å². The second-order valence-electron chi connectivity index (χ2n) is 9.19. The Bertz CT molecular complexity index is 1250. The monoisotopic (exact) mass is 539 g/mol. The van der Waals surface area contributed by atoms with E-state index in [-0.39, 0.29) is 39.8 Å². The molecule has 0 radical (unpaired) electrons. The lowest BCUT2D eigenvalue weighted by atomic mass is 9.95. The number of pyridine rings is 1. The molecule has 1 saturated carbocycles. The number of carbonyl (C=O) groups excluding carboxylic acids is 2. The first kappa shape index (κ1) is 26.6. The van der Waals surface area contributed by atoms with Gasteiger partial charge in [-0.1, -0.05) is 59.6 Å². The van der Waals surface area contributed by atoms with Crippen molar-refractivity contribution in [2.24, 2.45) is 5.92 Å². The number of aliphatic carboxylic acids is 1. The van der Waals surface area contributed by atoms with E-state index in [1.807, 2.05) is 30.3 Å². The van der Waals surface area contributed by atoms with Crippen molar-refractivity contribution < 1.29 is 19.5 Å². The highest BCUT2D eigenvalue weighted by atomic mass is 35.5. The molecule has 0 spiro atoms. The van der Waals surface area contributed by atoms with E-state index in [0.717, 1.165) is 36.2 Å². The minimum absolute atomic E-state index is 0.00382.